The van der Waals surface area contributed by atoms with Gasteiger partial charge in [-0.3, -0.25) is 4.79 Å². The molecule has 212 valence electrons. The highest BCUT2D eigenvalue weighted by molar-refractivity contribution is 6.34. The predicted molar refractivity (Wildman–Crippen MR) is 154 cm³/mol. The van der Waals surface area contributed by atoms with Crippen LogP contribution in [0.3, 0.4) is 0 Å². The highest BCUT2D eigenvalue weighted by Crippen LogP contribution is 2.42. The monoisotopic (exact) mass is 570 g/mol. The molecule has 2 aliphatic heterocycles. The highest BCUT2D eigenvalue weighted by Gasteiger charge is 2.28. The van der Waals surface area contributed by atoms with Crippen LogP contribution in [0.25, 0.3) is 22.0 Å². The molecule has 0 radical (unpaired) electrons. The molecule has 0 atom stereocenters. The van der Waals surface area contributed by atoms with E-state index in [1.165, 1.54) is 24.3 Å². The van der Waals surface area contributed by atoms with Gasteiger partial charge in [0.25, 0.3) is 0 Å². The first kappa shape index (κ1) is 28.0. The van der Waals surface area contributed by atoms with Gasteiger partial charge >= 0.3 is 0 Å². The number of phenols is 1. The second kappa shape index (κ2) is 11.5. The number of fused-ring (bicyclic) bond motifs is 1. The van der Waals surface area contributed by atoms with Crippen molar-refractivity contribution in [2.24, 2.45) is 0 Å². The first-order valence-corrected chi connectivity index (χ1v) is 13.9. The molecule has 8 nitrogen and oxygen atoms in total. The van der Waals surface area contributed by atoms with Crippen LogP contribution in [0.2, 0.25) is 5.02 Å². The molecule has 3 aromatic rings. The lowest BCUT2D eigenvalue weighted by molar-refractivity contribution is -0.126. The first-order valence-electron chi connectivity index (χ1n) is 13.5. The minimum absolute atomic E-state index is 0.0289. The minimum atomic E-state index is -0.843. The number of piperidine rings is 1. The molecule has 0 bridgehead atoms. The Bertz CT molecular complexity index is 1420. The van der Waals surface area contributed by atoms with Gasteiger partial charge in [-0.1, -0.05) is 24.2 Å². The van der Waals surface area contributed by atoms with Crippen LogP contribution < -0.4 is 10.2 Å². The zero-order valence-electron chi connectivity index (χ0n) is 22.6. The van der Waals surface area contributed by atoms with Gasteiger partial charge in [-0.2, -0.15) is 4.98 Å². The number of benzene rings is 2. The summed E-state index contributed by atoms with van der Waals surface area (Å²) in [5.41, 5.74) is -0.607. The van der Waals surface area contributed by atoms with Gasteiger partial charge in [0.1, 0.15) is 22.9 Å². The number of phenolic OH excluding ortho intramolecular Hbond substituents is 1. The Hall–Kier alpha value is -3.50. The third kappa shape index (κ3) is 5.42. The molecule has 1 aromatic heterocycles. The van der Waals surface area contributed by atoms with Crippen molar-refractivity contribution in [2.45, 2.75) is 38.8 Å². The zero-order valence-corrected chi connectivity index (χ0v) is 23.4. The fourth-order valence-corrected chi connectivity index (χ4v) is 5.77. The average molecular weight is 571 g/mol. The second-order valence-corrected chi connectivity index (χ2v) is 10.9. The zero-order chi connectivity index (χ0) is 28.6. The molecule has 2 aromatic carbocycles. The van der Waals surface area contributed by atoms with E-state index in [0.717, 1.165) is 32.0 Å². The molecule has 5 rings (SSSR count). The van der Waals surface area contributed by atoms with Crippen LogP contribution in [0, 0.1) is 11.6 Å². The molecule has 0 saturated carbocycles. The van der Waals surface area contributed by atoms with Crippen molar-refractivity contribution in [3.63, 3.8) is 0 Å². The Morgan fingerprint density at radius 1 is 1.12 bits per heavy atom. The number of carbonyl (C=O) groups excluding carboxylic acids is 1. The molecule has 0 unspecified atom stereocenters. The molecule has 1 amide bonds. The van der Waals surface area contributed by atoms with Crippen LogP contribution in [0.1, 0.15) is 26.7 Å². The summed E-state index contributed by atoms with van der Waals surface area (Å²) in [6.45, 7) is 11.6. The normalized spacial score (nSPS) is 17.1. The number of aromatic nitrogens is 2. The van der Waals surface area contributed by atoms with Gasteiger partial charge in [0.2, 0.25) is 11.9 Å². The SMILES string of the molecule is C=CC(=O)N1CCN(c2nc(NC3CCN(C(C)C)CC3)nc3c(F)c(-c4c(O)cccc4F)c(Cl)cc23)CC1. The lowest BCUT2D eigenvalue weighted by Gasteiger charge is -2.36. The Balaban J connectivity index is 1.57. The van der Waals surface area contributed by atoms with E-state index in [4.69, 9.17) is 16.6 Å². The van der Waals surface area contributed by atoms with Gasteiger partial charge in [-0.15, -0.1) is 0 Å². The minimum Gasteiger partial charge on any atom is -0.507 e. The van der Waals surface area contributed by atoms with Crippen molar-refractivity contribution in [2.75, 3.05) is 49.5 Å². The third-order valence-electron chi connectivity index (χ3n) is 7.76. The lowest BCUT2D eigenvalue weighted by Crippen LogP contribution is -2.48. The van der Waals surface area contributed by atoms with Gasteiger partial charge in [-0.25, -0.2) is 13.8 Å². The van der Waals surface area contributed by atoms with Crippen LogP contribution in [0.5, 0.6) is 5.75 Å². The van der Waals surface area contributed by atoms with E-state index in [1.54, 1.807) is 4.90 Å². The molecule has 2 fully saturated rings. The van der Waals surface area contributed by atoms with Gasteiger partial charge < -0.3 is 25.1 Å². The standard InChI is InChI=1S/C29H33ClF2N6O2/c1-4-23(40)37-12-14-38(15-13-37)28-19-16-20(30)24(25-21(31)6-5-7-22(25)39)26(32)27(19)34-29(35-28)33-18-8-10-36(11-9-18)17(2)3/h4-7,16-18,39H,1,8-15H2,2-3H3,(H,33,34,35). The number of piperazine rings is 1. The summed E-state index contributed by atoms with van der Waals surface area (Å²) in [7, 11) is 0. The summed E-state index contributed by atoms with van der Waals surface area (Å²) in [4.78, 5) is 27.5. The third-order valence-corrected chi connectivity index (χ3v) is 8.06. The van der Waals surface area contributed by atoms with Crippen LogP contribution in [-0.2, 0) is 4.79 Å². The number of rotatable bonds is 6. The van der Waals surface area contributed by atoms with E-state index in [0.29, 0.717) is 43.4 Å². The number of hydrogen-bond acceptors (Lipinski definition) is 7. The van der Waals surface area contributed by atoms with Crippen molar-refractivity contribution in [1.82, 2.24) is 19.8 Å². The quantitative estimate of drug-likeness (QED) is 0.401. The molecule has 0 spiro atoms. The molecule has 2 saturated heterocycles. The molecule has 2 aliphatic rings. The van der Waals surface area contributed by atoms with Crippen molar-refractivity contribution in [3.8, 4) is 16.9 Å². The largest absolute Gasteiger partial charge is 0.507 e. The highest BCUT2D eigenvalue weighted by atomic mass is 35.5. The average Bonchev–Trinajstić information content (AvgIpc) is 2.94. The summed E-state index contributed by atoms with van der Waals surface area (Å²) in [5, 5.41) is 14.1. The Morgan fingerprint density at radius 3 is 2.45 bits per heavy atom. The van der Waals surface area contributed by atoms with E-state index in [2.05, 4.69) is 35.6 Å². The molecule has 0 aliphatic carbocycles. The Morgan fingerprint density at radius 2 is 1.82 bits per heavy atom. The van der Waals surface area contributed by atoms with Crippen molar-refractivity contribution in [1.29, 1.82) is 0 Å². The predicted octanol–water partition coefficient (Wildman–Crippen LogP) is 5.05. The van der Waals surface area contributed by atoms with Crippen LogP contribution >= 0.6 is 11.6 Å². The number of halogens is 3. The second-order valence-electron chi connectivity index (χ2n) is 10.5. The van der Waals surface area contributed by atoms with E-state index in [9.17, 15) is 14.3 Å². The van der Waals surface area contributed by atoms with Gasteiger partial charge in [0.05, 0.1) is 10.6 Å². The van der Waals surface area contributed by atoms with Crippen LogP contribution in [-0.4, -0.2) is 82.1 Å². The lowest BCUT2D eigenvalue weighted by atomic mass is 10.0. The van der Waals surface area contributed by atoms with Crippen molar-refractivity contribution < 1.29 is 18.7 Å². The summed E-state index contributed by atoms with van der Waals surface area (Å²) in [6.07, 6.45) is 3.06. The number of nitrogens with zero attached hydrogens (tertiary/aromatic N) is 5. The van der Waals surface area contributed by atoms with Crippen LogP contribution in [0.15, 0.2) is 36.9 Å². The molecule has 2 N–H and O–H groups in total. The fraction of sp³-hybridized carbons (Fsp3) is 0.414. The van der Waals surface area contributed by atoms with E-state index in [1.807, 2.05) is 4.90 Å². The number of hydrogen-bond donors (Lipinski definition) is 2. The summed E-state index contributed by atoms with van der Waals surface area (Å²) in [6, 6.07) is 5.84. The van der Waals surface area contributed by atoms with Crippen molar-refractivity contribution >= 4 is 40.2 Å². The van der Waals surface area contributed by atoms with Crippen molar-refractivity contribution in [3.05, 3.63) is 53.6 Å². The van der Waals surface area contributed by atoms with Gasteiger partial charge in [-0.05, 0) is 51.0 Å². The summed E-state index contributed by atoms with van der Waals surface area (Å²) >= 11 is 6.54. The maximum atomic E-state index is 16.3. The van der Waals surface area contributed by atoms with E-state index in [-0.39, 0.29) is 39.6 Å². The molecule has 3 heterocycles. The first-order chi connectivity index (χ1) is 19.2. The number of carbonyl (C=O) groups is 1. The number of anilines is 2. The fourth-order valence-electron chi connectivity index (χ4n) is 5.49. The molecular formula is C29H33ClF2N6O2. The number of amides is 1. The van der Waals surface area contributed by atoms with Gasteiger partial charge in [0, 0.05) is 62.3 Å². The smallest absolute Gasteiger partial charge is 0.246 e. The van der Waals surface area contributed by atoms with E-state index >= 15 is 4.39 Å². The Kier molecular flexibility index (Phi) is 8.09. The Labute approximate surface area is 237 Å². The summed E-state index contributed by atoms with van der Waals surface area (Å²) < 4.78 is 31.1. The molecular weight excluding hydrogens is 538 g/mol. The van der Waals surface area contributed by atoms with E-state index < -0.39 is 17.4 Å². The number of nitrogens with one attached hydrogen (secondary N) is 1. The maximum absolute atomic E-state index is 16.3. The number of aromatic hydroxyl groups is 1. The topological polar surface area (TPSA) is 84.8 Å². The van der Waals surface area contributed by atoms with Crippen LogP contribution in [0.4, 0.5) is 20.5 Å². The van der Waals surface area contributed by atoms with Gasteiger partial charge in [0.15, 0.2) is 5.82 Å². The number of likely N-dealkylation sites (tertiary alicyclic amines) is 1. The summed E-state index contributed by atoms with van der Waals surface area (Å²) in [5.74, 6) is -1.47. The molecule has 11 heteroatoms. The molecule has 40 heavy (non-hydrogen) atoms. The maximum Gasteiger partial charge on any atom is 0.246 e.